The fraction of sp³-hybridized carbons (Fsp3) is 0.182. The molecule has 0 aromatic carbocycles. The average molecular weight is 217 g/mol. The number of hydrogen-bond donors (Lipinski definition) is 2. The van der Waals surface area contributed by atoms with Gasteiger partial charge in [-0.05, 0) is 13.0 Å². The van der Waals surface area contributed by atoms with Crippen LogP contribution < -0.4 is 0 Å². The molecular formula is C11H11N3O2. The largest absolute Gasteiger partial charge is 0.481 e. The predicted molar refractivity (Wildman–Crippen MR) is 57.9 cm³/mol. The first kappa shape index (κ1) is 10.4. The van der Waals surface area contributed by atoms with Crippen LogP contribution in [0.3, 0.4) is 0 Å². The number of aromatic amines is 1. The van der Waals surface area contributed by atoms with Crippen LogP contribution in [0.5, 0.6) is 0 Å². The van der Waals surface area contributed by atoms with Gasteiger partial charge >= 0.3 is 5.97 Å². The molecule has 2 rings (SSSR count). The summed E-state index contributed by atoms with van der Waals surface area (Å²) in [4.78, 5) is 14.7. The Hall–Kier alpha value is -2.17. The summed E-state index contributed by atoms with van der Waals surface area (Å²) in [6.07, 6.45) is 3.29. The number of H-pyrrole nitrogens is 1. The number of aliphatic carboxylic acids is 1. The molecule has 0 bridgehead atoms. The van der Waals surface area contributed by atoms with Crippen molar-refractivity contribution in [1.29, 1.82) is 0 Å². The van der Waals surface area contributed by atoms with Crippen molar-refractivity contribution in [2.24, 2.45) is 0 Å². The molecule has 16 heavy (non-hydrogen) atoms. The van der Waals surface area contributed by atoms with E-state index in [-0.39, 0.29) is 6.42 Å². The van der Waals surface area contributed by atoms with Crippen molar-refractivity contribution < 1.29 is 9.90 Å². The molecule has 0 saturated carbocycles. The van der Waals surface area contributed by atoms with Crippen molar-refractivity contribution in [1.82, 2.24) is 15.2 Å². The smallest absolute Gasteiger partial charge is 0.309 e. The minimum atomic E-state index is -0.892. The van der Waals surface area contributed by atoms with Crippen molar-refractivity contribution in [2.75, 3.05) is 0 Å². The summed E-state index contributed by atoms with van der Waals surface area (Å²) in [6.45, 7) is 1.86. The van der Waals surface area contributed by atoms with Crippen LogP contribution in [0.25, 0.3) is 11.1 Å². The Morgan fingerprint density at radius 2 is 2.38 bits per heavy atom. The number of carboxylic acids is 1. The van der Waals surface area contributed by atoms with E-state index in [1.165, 1.54) is 0 Å². The van der Waals surface area contributed by atoms with Gasteiger partial charge in [-0.2, -0.15) is 5.10 Å². The fourth-order valence-corrected chi connectivity index (χ4v) is 1.64. The number of aromatic nitrogens is 3. The molecule has 0 radical (unpaired) electrons. The molecule has 5 nitrogen and oxygen atoms in total. The Labute approximate surface area is 92.2 Å². The zero-order valence-corrected chi connectivity index (χ0v) is 8.77. The second-order valence-corrected chi connectivity index (χ2v) is 3.48. The summed E-state index contributed by atoms with van der Waals surface area (Å²) in [5, 5.41) is 15.6. The van der Waals surface area contributed by atoms with Crippen molar-refractivity contribution in [2.45, 2.75) is 13.3 Å². The van der Waals surface area contributed by atoms with E-state index < -0.39 is 5.97 Å². The highest BCUT2D eigenvalue weighted by Gasteiger charge is 2.14. The van der Waals surface area contributed by atoms with Crippen LogP contribution in [0.1, 0.15) is 11.4 Å². The Morgan fingerprint density at radius 1 is 1.56 bits per heavy atom. The summed E-state index contributed by atoms with van der Waals surface area (Å²) < 4.78 is 0. The maximum absolute atomic E-state index is 10.7. The van der Waals surface area contributed by atoms with E-state index in [9.17, 15) is 4.79 Å². The Balaban J connectivity index is 2.47. The number of carbonyl (C=O) groups is 1. The lowest BCUT2D eigenvalue weighted by Gasteiger charge is -2.01. The summed E-state index contributed by atoms with van der Waals surface area (Å²) in [5.41, 5.74) is 3.10. The highest BCUT2D eigenvalue weighted by atomic mass is 16.4. The molecule has 5 heteroatoms. The van der Waals surface area contributed by atoms with E-state index in [0.717, 1.165) is 16.8 Å². The zero-order chi connectivity index (χ0) is 11.5. The third-order valence-electron chi connectivity index (χ3n) is 2.29. The van der Waals surface area contributed by atoms with Crippen molar-refractivity contribution in [3.63, 3.8) is 0 Å². The quantitative estimate of drug-likeness (QED) is 0.814. The number of pyridine rings is 1. The van der Waals surface area contributed by atoms with Crippen LogP contribution in [0.2, 0.25) is 0 Å². The van der Waals surface area contributed by atoms with Crippen LogP contribution in [-0.2, 0) is 11.2 Å². The van der Waals surface area contributed by atoms with E-state index in [1.54, 1.807) is 12.4 Å². The molecule has 2 N–H and O–H groups in total. The molecule has 0 atom stereocenters. The molecule has 0 fully saturated rings. The molecule has 0 unspecified atom stereocenters. The van der Waals surface area contributed by atoms with Gasteiger partial charge in [0.2, 0.25) is 0 Å². The molecule has 2 aromatic heterocycles. The van der Waals surface area contributed by atoms with Gasteiger partial charge < -0.3 is 5.11 Å². The highest BCUT2D eigenvalue weighted by Crippen LogP contribution is 2.24. The van der Waals surface area contributed by atoms with E-state index in [0.29, 0.717) is 5.69 Å². The topological polar surface area (TPSA) is 78.9 Å². The van der Waals surface area contributed by atoms with Crippen molar-refractivity contribution in [3.8, 4) is 11.1 Å². The highest BCUT2D eigenvalue weighted by molar-refractivity contribution is 5.76. The van der Waals surface area contributed by atoms with E-state index in [2.05, 4.69) is 15.2 Å². The van der Waals surface area contributed by atoms with E-state index >= 15 is 0 Å². The summed E-state index contributed by atoms with van der Waals surface area (Å²) in [7, 11) is 0. The first-order chi connectivity index (χ1) is 7.68. The first-order valence-corrected chi connectivity index (χ1v) is 4.84. The lowest BCUT2D eigenvalue weighted by Crippen LogP contribution is -2.01. The molecule has 2 aromatic rings. The lowest BCUT2D eigenvalue weighted by molar-refractivity contribution is -0.136. The molecule has 0 aliphatic heterocycles. The van der Waals surface area contributed by atoms with E-state index in [1.807, 2.05) is 19.1 Å². The molecule has 82 valence electrons. The van der Waals surface area contributed by atoms with Gasteiger partial charge in [-0.1, -0.05) is 6.07 Å². The maximum atomic E-state index is 10.7. The number of hydrogen-bond acceptors (Lipinski definition) is 3. The van der Waals surface area contributed by atoms with Gasteiger partial charge in [0.1, 0.15) is 0 Å². The van der Waals surface area contributed by atoms with E-state index in [4.69, 9.17) is 5.11 Å². The van der Waals surface area contributed by atoms with Gasteiger partial charge in [-0.15, -0.1) is 0 Å². The second kappa shape index (κ2) is 4.14. The molecule has 0 aliphatic rings. The number of nitrogens with one attached hydrogen (secondary N) is 1. The monoisotopic (exact) mass is 217 g/mol. The standard InChI is InChI=1S/C11H11N3O2/c1-7-11(8-3-2-4-12-6-8)9(14-13-7)5-10(15)16/h2-4,6H,5H2,1H3,(H,13,14)(H,15,16). The Bertz CT molecular complexity index is 505. The SMILES string of the molecule is Cc1[nH]nc(CC(=O)O)c1-c1cccnc1. The van der Waals surface area contributed by atoms with Crippen molar-refractivity contribution >= 4 is 5.97 Å². The van der Waals surface area contributed by atoms with Crippen LogP contribution in [0.15, 0.2) is 24.5 Å². The number of aryl methyl sites for hydroxylation is 1. The molecular weight excluding hydrogens is 206 g/mol. The summed E-state index contributed by atoms with van der Waals surface area (Å²) >= 11 is 0. The molecule has 2 heterocycles. The Kier molecular flexibility index (Phi) is 2.68. The Morgan fingerprint density at radius 3 is 3.00 bits per heavy atom. The number of nitrogens with zero attached hydrogens (tertiary/aromatic N) is 2. The van der Waals surface area contributed by atoms with Gasteiger partial charge in [0.15, 0.2) is 0 Å². The average Bonchev–Trinajstić information content (AvgIpc) is 2.60. The normalized spacial score (nSPS) is 10.3. The molecule has 0 aliphatic carbocycles. The second-order valence-electron chi connectivity index (χ2n) is 3.48. The number of carboxylic acid groups (broad SMARTS) is 1. The predicted octanol–water partition coefficient (Wildman–Crippen LogP) is 1.41. The maximum Gasteiger partial charge on any atom is 0.309 e. The van der Waals surface area contributed by atoms with Crippen LogP contribution in [0.4, 0.5) is 0 Å². The lowest BCUT2D eigenvalue weighted by atomic mass is 10.0. The first-order valence-electron chi connectivity index (χ1n) is 4.84. The number of rotatable bonds is 3. The minimum absolute atomic E-state index is 0.0887. The van der Waals surface area contributed by atoms with Gasteiger partial charge in [0.25, 0.3) is 0 Å². The van der Waals surface area contributed by atoms with Gasteiger partial charge in [-0.25, -0.2) is 0 Å². The van der Waals surface area contributed by atoms with Crippen LogP contribution in [-0.4, -0.2) is 26.3 Å². The van der Waals surface area contributed by atoms with Gasteiger partial charge in [0.05, 0.1) is 12.1 Å². The van der Waals surface area contributed by atoms with Gasteiger partial charge in [-0.3, -0.25) is 14.9 Å². The summed E-state index contributed by atoms with van der Waals surface area (Å²) in [5.74, 6) is -0.892. The molecule has 0 amide bonds. The van der Waals surface area contributed by atoms with Crippen molar-refractivity contribution in [3.05, 3.63) is 35.9 Å². The van der Waals surface area contributed by atoms with Crippen LogP contribution >= 0.6 is 0 Å². The fourth-order valence-electron chi connectivity index (χ4n) is 1.64. The minimum Gasteiger partial charge on any atom is -0.481 e. The third-order valence-corrected chi connectivity index (χ3v) is 2.29. The molecule has 0 saturated heterocycles. The molecule has 0 spiro atoms. The third kappa shape index (κ3) is 1.93. The summed E-state index contributed by atoms with van der Waals surface area (Å²) in [6, 6.07) is 3.70. The van der Waals surface area contributed by atoms with Gasteiger partial charge in [0, 0.05) is 29.2 Å². The van der Waals surface area contributed by atoms with Crippen LogP contribution in [0, 0.1) is 6.92 Å². The zero-order valence-electron chi connectivity index (χ0n) is 8.77.